The van der Waals surface area contributed by atoms with Crippen molar-refractivity contribution < 1.29 is 34.1 Å². The third-order valence-electron chi connectivity index (χ3n) is 5.66. The number of amides is 2. The van der Waals surface area contributed by atoms with E-state index in [1.165, 1.54) is 12.1 Å². The number of carboxylic acid groups (broad SMARTS) is 1. The third-order valence-corrected chi connectivity index (χ3v) is 5.66. The molecule has 10 heteroatoms. The predicted molar refractivity (Wildman–Crippen MR) is 116 cm³/mol. The molecule has 176 valence electrons. The van der Waals surface area contributed by atoms with Crippen LogP contribution in [0.15, 0.2) is 24.3 Å². The highest BCUT2D eigenvalue weighted by atomic mass is 16.6. The Morgan fingerprint density at radius 1 is 1.28 bits per heavy atom. The Morgan fingerprint density at radius 3 is 2.53 bits per heavy atom. The quantitative estimate of drug-likeness (QED) is 0.437. The van der Waals surface area contributed by atoms with Crippen molar-refractivity contribution in [1.29, 1.82) is 0 Å². The molecule has 3 rings (SSSR count). The van der Waals surface area contributed by atoms with Gasteiger partial charge in [-0.2, -0.15) is 0 Å². The molecule has 3 N–H and O–H groups in total. The lowest BCUT2D eigenvalue weighted by molar-refractivity contribution is -0.152. The van der Waals surface area contributed by atoms with E-state index in [9.17, 15) is 19.5 Å². The van der Waals surface area contributed by atoms with E-state index >= 15 is 0 Å². The smallest absolute Gasteiger partial charge is 0.312 e. The van der Waals surface area contributed by atoms with Crippen LogP contribution in [0, 0.1) is 5.41 Å². The Bertz CT molecular complexity index is 819. The van der Waals surface area contributed by atoms with Crippen molar-refractivity contribution in [3.63, 3.8) is 0 Å². The average molecular weight is 450 g/mol. The monoisotopic (exact) mass is 449 g/mol. The molecule has 2 aliphatic rings. The largest absolute Gasteiger partial charge is 0.508 e. The van der Waals surface area contributed by atoms with Gasteiger partial charge < -0.3 is 30.1 Å². The lowest BCUT2D eigenvalue weighted by Crippen LogP contribution is -2.45. The van der Waals surface area contributed by atoms with Gasteiger partial charge in [0.15, 0.2) is 0 Å². The van der Waals surface area contributed by atoms with Gasteiger partial charge in [0.05, 0.1) is 5.41 Å². The van der Waals surface area contributed by atoms with Gasteiger partial charge in [0, 0.05) is 50.7 Å². The summed E-state index contributed by atoms with van der Waals surface area (Å²) in [6, 6.07) is 6.28. The highest BCUT2D eigenvalue weighted by Gasteiger charge is 2.50. The Hall–Kier alpha value is -3.14. The van der Waals surface area contributed by atoms with Gasteiger partial charge >= 0.3 is 5.97 Å². The minimum absolute atomic E-state index is 0.0689. The van der Waals surface area contributed by atoms with E-state index < -0.39 is 5.41 Å². The number of cyclic esters (lactones) is 1. The standard InChI is InChI=1S/C21H29N3O5.CH2O2/c1-23(2)14-17-13-21(20(28)29-17)8-10-24(11-9-21)19(27)7-6-18(26)22-15-4-3-5-16(25)12-15;2-1-3/h3-5,12,17,25H,6-11,13-14H2,1-2H3,(H,22,26);1H,(H,2,3). The second-order valence-corrected chi connectivity index (χ2v) is 8.36. The highest BCUT2D eigenvalue weighted by Crippen LogP contribution is 2.43. The predicted octanol–water partition coefficient (Wildman–Crippen LogP) is 1.30. The molecule has 2 heterocycles. The lowest BCUT2D eigenvalue weighted by atomic mass is 9.76. The highest BCUT2D eigenvalue weighted by molar-refractivity contribution is 5.93. The first-order valence-corrected chi connectivity index (χ1v) is 10.5. The zero-order valence-corrected chi connectivity index (χ0v) is 18.5. The van der Waals surface area contributed by atoms with Crippen molar-refractivity contribution in [2.75, 3.05) is 39.0 Å². The minimum Gasteiger partial charge on any atom is -0.508 e. The van der Waals surface area contributed by atoms with Crippen LogP contribution in [-0.2, 0) is 23.9 Å². The van der Waals surface area contributed by atoms with E-state index in [1.54, 1.807) is 17.0 Å². The summed E-state index contributed by atoms with van der Waals surface area (Å²) in [4.78, 5) is 49.1. The molecular formula is C22H31N3O7. The molecule has 10 nitrogen and oxygen atoms in total. The van der Waals surface area contributed by atoms with Crippen LogP contribution < -0.4 is 5.32 Å². The van der Waals surface area contributed by atoms with Crippen LogP contribution in [0.1, 0.15) is 32.1 Å². The number of piperidine rings is 1. The average Bonchev–Trinajstić information content (AvgIpc) is 3.01. The summed E-state index contributed by atoms with van der Waals surface area (Å²) in [6.45, 7) is 1.48. The molecule has 2 saturated heterocycles. The number of hydrogen-bond donors (Lipinski definition) is 3. The number of benzene rings is 1. The molecule has 0 bridgehead atoms. The lowest BCUT2D eigenvalue weighted by Gasteiger charge is -2.36. The van der Waals surface area contributed by atoms with E-state index in [0.717, 1.165) is 0 Å². The van der Waals surface area contributed by atoms with Gasteiger partial charge in [-0.15, -0.1) is 0 Å². The summed E-state index contributed by atoms with van der Waals surface area (Å²) in [5.41, 5.74) is 0.0267. The fourth-order valence-electron chi connectivity index (χ4n) is 4.12. The molecule has 0 radical (unpaired) electrons. The van der Waals surface area contributed by atoms with Gasteiger partial charge in [0.1, 0.15) is 11.9 Å². The summed E-state index contributed by atoms with van der Waals surface area (Å²) in [7, 11) is 3.91. The Morgan fingerprint density at radius 2 is 1.94 bits per heavy atom. The minimum atomic E-state index is -0.468. The van der Waals surface area contributed by atoms with Crippen LogP contribution in [-0.4, -0.2) is 84.1 Å². The first kappa shape index (κ1) is 25.1. The normalized spacial score (nSPS) is 19.2. The van der Waals surface area contributed by atoms with Crippen LogP contribution in [0.4, 0.5) is 5.69 Å². The maximum atomic E-state index is 12.5. The molecule has 0 aliphatic carbocycles. The van der Waals surface area contributed by atoms with Crippen LogP contribution in [0.2, 0.25) is 0 Å². The number of nitrogens with one attached hydrogen (secondary N) is 1. The number of anilines is 1. The number of aromatic hydroxyl groups is 1. The number of esters is 1. The molecule has 2 aliphatic heterocycles. The van der Waals surface area contributed by atoms with Crippen LogP contribution in [0.3, 0.4) is 0 Å². The Balaban J connectivity index is 0.00000114. The van der Waals surface area contributed by atoms with Crippen LogP contribution in [0.25, 0.3) is 0 Å². The van der Waals surface area contributed by atoms with Crippen molar-refractivity contribution in [3.8, 4) is 5.75 Å². The van der Waals surface area contributed by atoms with Crippen LogP contribution in [0.5, 0.6) is 5.75 Å². The van der Waals surface area contributed by atoms with Crippen molar-refractivity contribution >= 4 is 29.9 Å². The first-order valence-electron chi connectivity index (χ1n) is 10.5. The topological polar surface area (TPSA) is 136 Å². The van der Waals surface area contributed by atoms with Gasteiger partial charge in [-0.05, 0) is 39.1 Å². The van der Waals surface area contributed by atoms with Crippen molar-refractivity contribution in [2.45, 2.75) is 38.2 Å². The summed E-state index contributed by atoms with van der Waals surface area (Å²) < 4.78 is 5.55. The second-order valence-electron chi connectivity index (χ2n) is 8.36. The van der Waals surface area contributed by atoms with E-state index in [4.69, 9.17) is 14.6 Å². The van der Waals surface area contributed by atoms with Crippen molar-refractivity contribution in [3.05, 3.63) is 24.3 Å². The molecule has 1 spiro atoms. The molecule has 0 saturated carbocycles. The van der Waals surface area contributed by atoms with Gasteiger partial charge in [0.25, 0.3) is 6.47 Å². The zero-order chi connectivity index (χ0) is 23.7. The van der Waals surface area contributed by atoms with Gasteiger partial charge in [0.2, 0.25) is 11.8 Å². The van der Waals surface area contributed by atoms with Crippen molar-refractivity contribution in [2.24, 2.45) is 5.41 Å². The van der Waals surface area contributed by atoms with Crippen molar-refractivity contribution in [1.82, 2.24) is 9.80 Å². The molecule has 1 aromatic carbocycles. The molecular weight excluding hydrogens is 418 g/mol. The number of carbonyl (C=O) groups is 4. The van der Waals surface area contributed by atoms with Gasteiger partial charge in [-0.1, -0.05) is 6.07 Å². The molecule has 2 fully saturated rings. The number of carbonyl (C=O) groups excluding carboxylic acids is 3. The van der Waals surface area contributed by atoms with E-state index in [-0.39, 0.29) is 49.0 Å². The number of hydrogen-bond acceptors (Lipinski definition) is 7. The number of nitrogens with zero attached hydrogens (tertiary/aromatic N) is 2. The number of likely N-dealkylation sites (N-methyl/N-ethyl adjacent to an activating group) is 1. The fourth-order valence-corrected chi connectivity index (χ4v) is 4.12. The Labute approximate surface area is 187 Å². The summed E-state index contributed by atoms with van der Waals surface area (Å²) in [5, 5.41) is 19.0. The fraction of sp³-hybridized carbons (Fsp3) is 0.545. The maximum absolute atomic E-state index is 12.5. The number of ether oxygens (including phenoxy) is 1. The van der Waals surface area contributed by atoms with E-state index in [2.05, 4.69) is 5.32 Å². The molecule has 32 heavy (non-hydrogen) atoms. The summed E-state index contributed by atoms with van der Waals surface area (Å²) in [5.74, 6) is -0.424. The third kappa shape index (κ3) is 6.94. The number of likely N-dealkylation sites (tertiary alicyclic amines) is 1. The second kappa shape index (κ2) is 11.5. The SMILES string of the molecule is CN(C)CC1CC2(CCN(C(=O)CCC(=O)Nc3cccc(O)c3)CC2)C(=O)O1.O=CO. The molecule has 0 aromatic heterocycles. The summed E-state index contributed by atoms with van der Waals surface area (Å²) >= 11 is 0. The number of phenols is 1. The zero-order valence-electron chi connectivity index (χ0n) is 18.5. The number of phenolic OH excluding ortho intramolecular Hbond substituents is 1. The Kier molecular flexibility index (Phi) is 9.01. The molecule has 2 amide bonds. The van der Waals surface area contributed by atoms with Gasteiger partial charge in [-0.3, -0.25) is 19.2 Å². The molecule has 1 atom stereocenters. The maximum Gasteiger partial charge on any atom is 0.312 e. The molecule has 1 unspecified atom stereocenters. The first-order chi connectivity index (χ1) is 15.2. The van der Waals surface area contributed by atoms with E-state index in [1.807, 2.05) is 19.0 Å². The van der Waals surface area contributed by atoms with Crippen LogP contribution >= 0.6 is 0 Å². The van der Waals surface area contributed by atoms with Gasteiger partial charge in [-0.25, -0.2) is 0 Å². The van der Waals surface area contributed by atoms with E-state index in [0.29, 0.717) is 44.6 Å². The molecule has 1 aromatic rings. The number of rotatable bonds is 6. The summed E-state index contributed by atoms with van der Waals surface area (Å²) in [6.07, 6.45) is 2.03.